The molecule has 27 heavy (non-hydrogen) atoms. The number of hydrogen-bond acceptors (Lipinski definition) is 3. The molecule has 5 heteroatoms. The maximum absolute atomic E-state index is 12.8. The second-order valence-electron chi connectivity index (χ2n) is 7.96. The van der Waals surface area contributed by atoms with E-state index < -0.39 is 11.9 Å². The van der Waals surface area contributed by atoms with E-state index in [1.165, 1.54) is 18.4 Å². The lowest BCUT2D eigenvalue weighted by Crippen LogP contribution is -2.35. The summed E-state index contributed by atoms with van der Waals surface area (Å²) in [5.74, 6) is -0.696. The fourth-order valence-electron chi connectivity index (χ4n) is 4.25. The van der Waals surface area contributed by atoms with Crippen molar-refractivity contribution >= 4 is 11.8 Å². The largest absolute Gasteiger partial charge is 0.368 e. The lowest BCUT2D eigenvalue weighted by Gasteiger charge is -2.25. The molecule has 1 fully saturated rings. The van der Waals surface area contributed by atoms with Gasteiger partial charge < -0.3 is 15.5 Å². The molecule has 1 radical (unpaired) electrons. The Morgan fingerprint density at radius 1 is 1.30 bits per heavy atom. The van der Waals surface area contributed by atoms with Crippen molar-refractivity contribution in [2.75, 3.05) is 20.6 Å². The molecule has 4 rings (SSSR count). The fourth-order valence-corrected chi connectivity index (χ4v) is 4.25. The predicted octanol–water partition coefficient (Wildman–Crippen LogP) is 2.26. The molecule has 1 saturated carbocycles. The predicted molar refractivity (Wildman–Crippen MR) is 103 cm³/mol. The Balaban J connectivity index is 1.62. The van der Waals surface area contributed by atoms with Gasteiger partial charge in [0.15, 0.2) is 0 Å². The van der Waals surface area contributed by atoms with Gasteiger partial charge in [0, 0.05) is 18.5 Å². The summed E-state index contributed by atoms with van der Waals surface area (Å²) in [5, 5.41) is 0. The smallest absolute Gasteiger partial charge is 0.256 e. The van der Waals surface area contributed by atoms with E-state index in [2.05, 4.69) is 37.2 Å². The van der Waals surface area contributed by atoms with Gasteiger partial charge in [0.25, 0.3) is 5.91 Å². The Morgan fingerprint density at radius 2 is 2.07 bits per heavy atom. The highest BCUT2D eigenvalue weighted by Gasteiger charge is 2.45. The highest BCUT2D eigenvalue weighted by molar-refractivity contribution is 6.04. The molecule has 0 aromatic heterocycles. The van der Waals surface area contributed by atoms with E-state index in [1.807, 2.05) is 12.1 Å². The summed E-state index contributed by atoms with van der Waals surface area (Å²) in [4.78, 5) is 28.7. The zero-order valence-electron chi connectivity index (χ0n) is 15.7. The molecule has 0 bridgehead atoms. The van der Waals surface area contributed by atoms with Crippen LogP contribution in [-0.2, 0) is 16.8 Å². The minimum Gasteiger partial charge on any atom is -0.368 e. The molecule has 2 aromatic rings. The monoisotopic (exact) mass is 362 g/mol. The van der Waals surface area contributed by atoms with E-state index in [9.17, 15) is 9.59 Å². The van der Waals surface area contributed by atoms with Gasteiger partial charge in [-0.25, -0.2) is 0 Å². The summed E-state index contributed by atoms with van der Waals surface area (Å²) in [7, 11) is 4.19. The van der Waals surface area contributed by atoms with Crippen molar-refractivity contribution in [2.24, 2.45) is 5.73 Å². The van der Waals surface area contributed by atoms with Crippen LogP contribution in [0.3, 0.4) is 0 Å². The van der Waals surface area contributed by atoms with E-state index in [1.54, 1.807) is 23.1 Å². The van der Waals surface area contributed by atoms with Gasteiger partial charge in [-0.2, -0.15) is 0 Å². The highest BCUT2D eigenvalue weighted by atomic mass is 16.2. The lowest BCUT2D eigenvalue weighted by molar-refractivity contribution is -0.122. The summed E-state index contributed by atoms with van der Waals surface area (Å²) >= 11 is 0. The number of amides is 2. The number of primary amides is 1. The molecular formula is C22H24N3O2. The molecule has 1 heterocycles. The molecule has 0 saturated heterocycles. The summed E-state index contributed by atoms with van der Waals surface area (Å²) in [6, 6.07) is 15.9. The van der Waals surface area contributed by atoms with Crippen molar-refractivity contribution in [3.05, 3.63) is 70.8 Å². The Kier molecular flexibility index (Phi) is 4.27. The van der Waals surface area contributed by atoms with Crippen molar-refractivity contribution in [3.8, 4) is 0 Å². The van der Waals surface area contributed by atoms with Crippen LogP contribution in [0.25, 0.3) is 0 Å². The maximum atomic E-state index is 12.8. The SMILES string of the molecule is CN(C)CC1(c2cccc(CN3C(=O)c4[c]cccc4C3C(N)=O)c2)CC1. The molecule has 1 atom stereocenters. The zero-order valence-corrected chi connectivity index (χ0v) is 15.7. The minimum absolute atomic E-state index is 0.186. The van der Waals surface area contributed by atoms with Gasteiger partial charge >= 0.3 is 0 Å². The summed E-state index contributed by atoms with van der Waals surface area (Å²) < 4.78 is 0. The van der Waals surface area contributed by atoms with Crippen LogP contribution in [0.1, 0.15) is 45.9 Å². The molecule has 5 nitrogen and oxygen atoms in total. The van der Waals surface area contributed by atoms with Crippen molar-refractivity contribution < 1.29 is 9.59 Å². The van der Waals surface area contributed by atoms with Gasteiger partial charge in [0.1, 0.15) is 6.04 Å². The van der Waals surface area contributed by atoms with Crippen LogP contribution in [0.5, 0.6) is 0 Å². The molecule has 0 spiro atoms. The van der Waals surface area contributed by atoms with E-state index >= 15 is 0 Å². The number of nitrogens with two attached hydrogens (primary N) is 1. The van der Waals surface area contributed by atoms with Crippen molar-refractivity contribution in [1.29, 1.82) is 0 Å². The highest BCUT2D eigenvalue weighted by Crippen LogP contribution is 2.48. The summed E-state index contributed by atoms with van der Waals surface area (Å²) in [5.41, 5.74) is 9.27. The number of carbonyl (C=O) groups excluding carboxylic acids is 2. The van der Waals surface area contributed by atoms with E-state index in [-0.39, 0.29) is 11.3 Å². The van der Waals surface area contributed by atoms with Gasteiger partial charge in [-0.1, -0.05) is 42.5 Å². The number of carbonyl (C=O) groups is 2. The zero-order chi connectivity index (χ0) is 19.2. The summed E-state index contributed by atoms with van der Waals surface area (Å²) in [6.45, 7) is 1.38. The molecule has 139 valence electrons. The van der Waals surface area contributed by atoms with Crippen LogP contribution in [0.4, 0.5) is 0 Å². The van der Waals surface area contributed by atoms with Crippen LogP contribution in [0, 0.1) is 6.07 Å². The Morgan fingerprint density at radius 3 is 2.74 bits per heavy atom. The van der Waals surface area contributed by atoms with E-state index in [0.29, 0.717) is 17.7 Å². The fraction of sp³-hybridized carbons (Fsp3) is 0.364. The first-order valence-electron chi connectivity index (χ1n) is 9.26. The van der Waals surface area contributed by atoms with E-state index in [4.69, 9.17) is 5.73 Å². The second kappa shape index (κ2) is 6.50. The van der Waals surface area contributed by atoms with Crippen molar-refractivity contribution in [1.82, 2.24) is 9.80 Å². The Bertz CT molecular complexity index is 902. The number of fused-ring (bicyclic) bond motifs is 1. The number of likely N-dealkylation sites (N-methyl/N-ethyl adjacent to an activating group) is 1. The first kappa shape index (κ1) is 17.7. The van der Waals surface area contributed by atoms with Crippen LogP contribution in [0.2, 0.25) is 0 Å². The first-order chi connectivity index (χ1) is 12.9. The topological polar surface area (TPSA) is 66.6 Å². The molecule has 2 N–H and O–H groups in total. The van der Waals surface area contributed by atoms with Gasteiger partial charge in [0.05, 0.1) is 5.56 Å². The minimum atomic E-state index is -0.731. The average Bonchev–Trinajstić information content (AvgIpc) is 3.35. The quantitative estimate of drug-likeness (QED) is 0.857. The summed E-state index contributed by atoms with van der Waals surface area (Å²) in [6.07, 6.45) is 2.36. The van der Waals surface area contributed by atoms with Crippen LogP contribution in [-0.4, -0.2) is 42.3 Å². The van der Waals surface area contributed by atoms with Crippen LogP contribution in [0.15, 0.2) is 42.5 Å². The van der Waals surface area contributed by atoms with Gasteiger partial charge in [-0.3, -0.25) is 9.59 Å². The Labute approximate surface area is 159 Å². The lowest BCUT2D eigenvalue weighted by atomic mass is 9.93. The van der Waals surface area contributed by atoms with Crippen LogP contribution >= 0.6 is 0 Å². The second-order valence-corrected chi connectivity index (χ2v) is 7.96. The van der Waals surface area contributed by atoms with Crippen LogP contribution < -0.4 is 5.73 Å². The number of rotatable bonds is 6. The maximum Gasteiger partial charge on any atom is 0.256 e. The molecule has 1 aliphatic carbocycles. The molecule has 1 unspecified atom stereocenters. The molecule has 2 aliphatic rings. The number of nitrogens with zero attached hydrogens (tertiary/aromatic N) is 2. The van der Waals surface area contributed by atoms with E-state index in [0.717, 1.165) is 12.1 Å². The third kappa shape index (κ3) is 3.12. The van der Waals surface area contributed by atoms with Gasteiger partial charge in [-0.05, 0) is 49.7 Å². The third-order valence-electron chi connectivity index (χ3n) is 5.60. The Hall–Kier alpha value is -2.66. The number of benzene rings is 2. The molecule has 2 amide bonds. The molecular weight excluding hydrogens is 338 g/mol. The first-order valence-corrected chi connectivity index (χ1v) is 9.26. The molecule has 2 aromatic carbocycles. The van der Waals surface area contributed by atoms with Gasteiger partial charge in [0.2, 0.25) is 5.91 Å². The average molecular weight is 362 g/mol. The van der Waals surface area contributed by atoms with Crippen molar-refractivity contribution in [3.63, 3.8) is 0 Å². The van der Waals surface area contributed by atoms with Crippen molar-refractivity contribution in [2.45, 2.75) is 30.8 Å². The standard InChI is InChI=1S/C22H24N3O2/c1-24(2)14-22(10-11-22)16-7-5-6-15(12-16)13-25-19(20(23)26)17-8-3-4-9-18(17)21(25)27/h3-8,12,19H,10-11,13-14H2,1-2H3,(H2,23,26). The normalized spacial score (nSPS) is 20.0. The number of hydrogen-bond donors (Lipinski definition) is 1. The molecule has 1 aliphatic heterocycles. The van der Waals surface area contributed by atoms with Gasteiger partial charge in [-0.15, -0.1) is 0 Å². The third-order valence-corrected chi connectivity index (χ3v) is 5.60.